The number of hydrogen-bond acceptors (Lipinski definition) is 6. The highest BCUT2D eigenvalue weighted by atomic mass is 19.4. The second-order valence-electron chi connectivity index (χ2n) is 10.3. The minimum atomic E-state index is -5.08. The third-order valence-electron chi connectivity index (χ3n) is 7.71. The Labute approximate surface area is 230 Å². The number of aliphatic carboxylic acids is 1. The number of ether oxygens (including phenoxy) is 1. The number of carboxylic acids is 1. The quantitative estimate of drug-likeness (QED) is 0.613. The Balaban J connectivity index is 0.000000470. The maximum absolute atomic E-state index is 14.0. The van der Waals surface area contributed by atoms with E-state index in [1.165, 1.54) is 0 Å². The van der Waals surface area contributed by atoms with Crippen LogP contribution in [-0.4, -0.2) is 96.3 Å². The van der Waals surface area contributed by atoms with Gasteiger partial charge in [0.15, 0.2) is 0 Å². The number of likely N-dealkylation sites (tertiary alicyclic amines) is 1. The lowest BCUT2D eigenvalue weighted by Gasteiger charge is -2.38. The van der Waals surface area contributed by atoms with Crippen LogP contribution in [0, 0.1) is 18.3 Å². The maximum atomic E-state index is 14.0. The van der Waals surface area contributed by atoms with Gasteiger partial charge < -0.3 is 24.5 Å². The Bertz CT molecular complexity index is 1190. The van der Waals surface area contributed by atoms with E-state index in [1.54, 1.807) is 6.20 Å². The molecule has 0 bridgehead atoms. The first-order valence-corrected chi connectivity index (χ1v) is 13.2. The molecule has 1 N–H and O–H groups in total. The molecular formula is C28H33F3N4O5. The van der Waals surface area contributed by atoms with Gasteiger partial charge in [-0.3, -0.25) is 9.59 Å². The third kappa shape index (κ3) is 6.55. The van der Waals surface area contributed by atoms with Crippen LogP contribution in [0.1, 0.15) is 28.8 Å². The normalized spacial score (nSPS) is 23.0. The lowest BCUT2D eigenvalue weighted by molar-refractivity contribution is -0.192. The molecule has 0 saturated carbocycles. The number of carbonyl (C=O) groups excluding carboxylic acids is 2. The van der Waals surface area contributed by atoms with Gasteiger partial charge in [-0.1, -0.05) is 23.8 Å². The van der Waals surface area contributed by atoms with E-state index in [0.29, 0.717) is 51.5 Å². The Kier molecular flexibility index (Phi) is 8.97. The molecule has 2 atom stereocenters. The van der Waals surface area contributed by atoms with Crippen LogP contribution in [-0.2, 0) is 14.3 Å². The van der Waals surface area contributed by atoms with Crippen molar-refractivity contribution in [2.45, 2.75) is 25.9 Å². The molecule has 4 heterocycles. The summed E-state index contributed by atoms with van der Waals surface area (Å²) >= 11 is 0. The zero-order valence-electron chi connectivity index (χ0n) is 22.3. The maximum Gasteiger partial charge on any atom is 0.490 e. The topological polar surface area (TPSA) is 103 Å². The highest BCUT2D eigenvalue weighted by molar-refractivity contribution is 5.94. The molecule has 3 aliphatic rings. The molecule has 40 heavy (non-hydrogen) atoms. The molecule has 216 valence electrons. The molecule has 1 aromatic carbocycles. The van der Waals surface area contributed by atoms with E-state index >= 15 is 0 Å². The van der Waals surface area contributed by atoms with E-state index in [1.807, 2.05) is 59.2 Å². The number of nitrogens with zero attached hydrogens (tertiary/aromatic N) is 4. The number of pyridine rings is 1. The predicted octanol–water partition coefficient (Wildman–Crippen LogP) is 3.24. The number of rotatable bonds is 3. The number of benzene rings is 1. The Morgan fingerprint density at radius 1 is 1.00 bits per heavy atom. The number of halogens is 3. The van der Waals surface area contributed by atoms with Crippen molar-refractivity contribution in [1.82, 2.24) is 14.8 Å². The zero-order valence-corrected chi connectivity index (χ0v) is 22.3. The van der Waals surface area contributed by atoms with Gasteiger partial charge in [0.25, 0.3) is 5.91 Å². The van der Waals surface area contributed by atoms with Crippen molar-refractivity contribution in [3.8, 4) is 0 Å². The first kappa shape index (κ1) is 29.3. The van der Waals surface area contributed by atoms with Gasteiger partial charge in [-0.25, -0.2) is 9.78 Å². The monoisotopic (exact) mass is 562 g/mol. The van der Waals surface area contributed by atoms with E-state index in [-0.39, 0.29) is 17.7 Å². The molecule has 3 fully saturated rings. The lowest BCUT2D eigenvalue weighted by Crippen LogP contribution is -2.53. The number of aryl methyl sites for hydroxylation is 1. The van der Waals surface area contributed by atoms with Crippen molar-refractivity contribution in [1.29, 1.82) is 0 Å². The van der Waals surface area contributed by atoms with Crippen molar-refractivity contribution in [3.63, 3.8) is 0 Å². The summed E-state index contributed by atoms with van der Waals surface area (Å²) in [6, 6.07) is 13.7. The molecule has 0 spiro atoms. The zero-order chi connectivity index (χ0) is 28.9. The number of carboxylic acid groups (broad SMARTS) is 1. The summed E-state index contributed by atoms with van der Waals surface area (Å²) in [4.78, 5) is 47.0. The third-order valence-corrected chi connectivity index (χ3v) is 7.71. The summed E-state index contributed by atoms with van der Waals surface area (Å²) in [5, 5.41) is 7.12. The van der Waals surface area contributed by atoms with Gasteiger partial charge in [-0.05, 0) is 44.0 Å². The molecule has 2 aromatic rings. The Morgan fingerprint density at radius 2 is 1.68 bits per heavy atom. The molecule has 0 unspecified atom stereocenters. The largest absolute Gasteiger partial charge is 0.490 e. The van der Waals surface area contributed by atoms with Gasteiger partial charge in [0, 0.05) is 56.9 Å². The summed E-state index contributed by atoms with van der Waals surface area (Å²) in [5.74, 6) is -1.52. The van der Waals surface area contributed by atoms with Crippen molar-refractivity contribution < 1.29 is 37.4 Å². The minimum Gasteiger partial charge on any atom is -0.475 e. The summed E-state index contributed by atoms with van der Waals surface area (Å²) in [7, 11) is 0. The molecular weight excluding hydrogens is 529 g/mol. The van der Waals surface area contributed by atoms with Gasteiger partial charge in [-0.15, -0.1) is 0 Å². The first-order chi connectivity index (χ1) is 19.0. The van der Waals surface area contributed by atoms with E-state index < -0.39 is 17.6 Å². The fourth-order valence-electron chi connectivity index (χ4n) is 5.64. The van der Waals surface area contributed by atoms with Crippen molar-refractivity contribution in [2.24, 2.45) is 11.3 Å². The van der Waals surface area contributed by atoms with Gasteiger partial charge in [-0.2, -0.15) is 13.2 Å². The molecule has 0 radical (unpaired) electrons. The number of alkyl halides is 3. The number of morpholine rings is 1. The van der Waals surface area contributed by atoms with E-state index in [2.05, 4.69) is 9.88 Å². The number of anilines is 1. The SMILES string of the molecule is Cc1ccc(C(=O)N2CCC[C@]3(C(=O)N4CCOCC4)CN(c4ccccn4)C[C@@H]3C2)cc1.O=C(O)C(F)(F)F. The summed E-state index contributed by atoms with van der Waals surface area (Å²) in [6.45, 7) is 7.14. The van der Waals surface area contributed by atoms with Crippen LogP contribution in [0.25, 0.3) is 0 Å². The molecule has 3 aliphatic heterocycles. The van der Waals surface area contributed by atoms with Crippen LogP contribution in [0.4, 0.5) is 19.0 Å². The predicted molar refractivity (Wildman–Crippen MR) is 140 cm³/mol. The molecule has 3 saturated heterocycles. The standard InChI is InChI=1S/C26H32N4O3.C2HF3O2/c1-20-6-8-21(9-7-20)24(31)29-12-4-10-26(25(32)28-13-15-33-16-14-28)19-30(18-22(26)17-29)23-5-2-3-11-27-23;3-2(4,5)1(6)7/h2-3,5-9,11,22H,4,10,12-19H2,1H3;(H,6,7)/t22-,26-;/m0./s1. The van der Waals surface area contributed by atoms with Crippen molar-refractivity contribution >= 4 is 23.6 Å². The number of carbonyl (C=O) groups is 3. The van der Waals surface area contributed by atoms with Crippen molar-refractivity contribution in [2.75, 3.05) is 57.4 Å². The Hall–Kier alpha value is -3.67. The van der Waals surface area contributed by atoms with Crippen LogP contribution in [0.5, 0.6) is 0 Å². The first-order valence-electron chi connectivity index (χ1n) is 13.2. The van der Waals surface area contributed by atoms with Gasteiger partial charge in [0.1, 0.15) is 5.82 Å². The van der Waals surface area contributed by atoms with Crippen LogP contribution in [0.2, 0.25) is 0 Å². The van der Waals surface area contributed by atoms with Gasteiger partial charge in [0.05, 0.1) is 18.6 Å². The average molecular weight is 563 g/mol. The minimum absolute atomic E-state index is 0.0564. The number of amides is 2. The van der Waals surface area contributed by atoms with Crippen LogP contribution in [0.15, 0.2) is 48.7 Å². The van der Waals surface area contributed by atoms with Gasteiger partial charge in [0.2, 0.25) is 5.91 Å². The van der Waals surface area contributed by atoms with Crippen molar-refractivity contribution in [3.05, 3.63) is 59.8 Å². The van der Waals surface area contributed by atoms with Crippen LogP contribution in [0.3, 0.4) is 0 Å². The fourth-order valence-corrected chi connectivity index (χ4v) is 5.64. The molecule has 12 heteroatoms. The molecule has 2 amide bonds. The Morgan fingerprint density at radius 3 is 2.27 bits per heavy atom. The van der Waals surface area contributed by atoms with Gasteiger partial charge >= 0.3 is 12.1 Å². The second-order valence-corrected chi connectivity index (χ2v) is 10.3. The smallest absolute Gasteiger partial charge is 0.475 e. The number of hydrogen-bond donors (Lipinski definition) is 1. The summed E-state index contributed by atoms with van der Waals surface area (Å²) in [6.07, 6.45) is -1.68. The fraction of sp³-hybridized carbons (Fsp3) is 0.500. The summed E-state index contributed by atoms with van der Waals surface area (Å²) < 4.78 is 37.2. The highest BCUT2D eigenvalue weighted by Gasteiger charge is 2.55. The second kappa shape index (κ2) is 12.2. The number of fused-ring (bicyclic) bond motifs is 1. The lowest BCUT2D eigenvalue weighted by atomic mass is 9.73. The molecule has 1 aromatic heterocycles. The summed E-state index contributed by atoms with van der Waals surface area (Å²) in [5.41, 5.74) is 1.35. The van der Waals surface area contributed by atoms with E-state index in [0.717, 1.165) is 30.8 Å². The van der Waals surface area contributed by atoms with E-state index in [9.17, 15) is 22.8 Å². The highest BCUT2D eigenvalue weighted by Crippen LogP contribution is 2.45. The number of aromatic nitrogens is 1. The molecule has 0 aliphatic carbocycles. The van der Waals surface area contributed by atoms with E-state index in [4.69, 9.17) is 14.6 Å². The average Bonchev–Trinajstić information content (AvgIpc) is 3.22. The van der Waals surface area contributed by atoms with Crippen LogP contribution < -0.4 is 4.90 Å². The molecule has 5 rings (SSSR count). The van der Waals surface area contributed by atoms with Crippen LogP contribution >= 0.6 is 0 Å². The molecule has 9 nitrogen and oxygen atoms in total.